The van der Waals surface area contributed by atoms with Gasteiger partial charge in [0.25, 0.3) is 0 Å². The van der Waals surface area contributed by atoms with Gasteiger partial charge in [0.2, 0.25) is 5.91 Å². The fourth-order valence-corrected chi connectivity index (χ4v) is 5.66. The molecule has 7 nitrogen and oxygen atoms in total. The van der Waals surface area contributed by atoms with Gasteiger partial charge in [-0.05, 0) is 54.4 Å². The number of rotatable bonds is 6. The molecule has 0 radical (unpaired) electrons. The minimum absolute atomic E-state index is 0.00499. The minimum Gasteiger partial charge on any atom is -0.481 e. The number of carbonyl (C=O) groups excluding carboxylic acids is 2. The van der Waals surface area contributed by atoms with Crippen LogP contribution >= 0.6 is 0 Å². The van der Waals surface area contributed by atoms with E-state index in [4.69, 9.17) is 9.84 Å². The number of fused-ring (bicyclic) bond motifs is 3. The van der Waals surface area contributed by atoms with Crippen LogP contribution in [0.5, 0.6) is 0 Å². The standard InChI is InChI=1S/C28H30N2O5/c31-26(29-20-13-12-18(15-20)27(32)33)17-6-5-7-19(14-17)30-28(34)35-16-25-23-10-3-1-8-21(23)22-9-2-4-11-24(22)25/h1-5,7-11,17-20,25H,6,12-16H2,(H,29,31)(H,30,34)(H,32,33)/t17?,18-,19?,20+/m0/s1. The van der Waals surface area contributed by atoms with Gasteiger partial charge in [0.05, 0.1) is 12.0 Å². The molecule has 1 fully saturated rings. The predicted molar refractivity (Wildman–Crippen MR) is 131 cm³/mol. The summed E-state index contributed by atoms with van der Waals surface area (Å²) in [7, 11) is 0. The van der Waals surface area contributed by atoms with E-state index in [-0.39, 0.29) is 42.4 Å². The number of amides is 2. The molecule has 5 rings (SSSR count). The summed E-state index contributed by atoms with van der Waals surface area (Å²) >= 11 is 0. The Labute approximate surface area is 204 Å². The lowest BCUT2D eigenvalue weighted by molar-refractivity contribution is -0.141. The van der Waals surface area contributed by atoms with Gasteiger partial charge in [0.15, 0.2) is 0 Å². The molecule has 0 heterocycles. The van der Waals surface area contributed by atoms with E-state index in [1.165, 1.54) is 11.1 Å². The molecule has 0 bridgehead atoms. The molecule has 0 spiro atoms. The van der Waals surface area contributed by atoms with E-state index in [1.54, 1.807) is 0 Å². The van der Waals surface area contributed by atoms with Crippen molar-refractivity contribution in [3.63, 3.8) is 0 Å². The Hall–Kier alpha value is -3.61. The van der Waals surface area contributed by atoms with Crippen LogP contribution in [0.2, 0.25) is 0 Å². The highest BCUT2D eigenvalue weighted by Crippen LogP contribution is 2.44. The average molecular weight is 475 g/mol. The first-order valence-electron chi connectivity index (χ1n) is 12.3. The third kappa shape index (κ3) is 4.94. The summed E-state index contributed by atoms with van der Waals surface area (Å²) < 4.78 is 5.64. The number of hydrogen-bond acceptors (Lipinski definition) is 4. The third-order valence-corrected chi connectivity index (χ3v) is 7.47. The van der Waals surface area contributed by atoms with Gasteiger partial charge in [-0.15, -0.1) is 0 Å². The number of hydrogen-bond donors (Lipinski definition) is 3. The summed E-state index contributed by atoms with van der Waals surface area (Å²) in [6.07, 6.45) is 6.17. The van der Waals surface area contributed by atoms with Crippen molar-refractivity contribution in [3.8, 4) is 11.1 Å². The van der Waals surface area contributed by atoms with E-state index >= 15 is 0 Å². The Balaban J connectivity index is 1.13. The Morgan fingerprint density at radius 1 is 0.886 bits per heavy atom. The number of nitrogens with one attached hydrogen (secondary N) is 2. The molecule has 0 saturated heterocycles. The zero-order valence-corrected chi connectivity index (χ0v) is 19.5. The zero-order chi connectivity index (χ0) is 24.4. The second-order valence-electron chi connectivity index (χ2n) is 9.73. The lowest BCUT2D eigenvalue weighted by Crippen LogP contribution is -2.43. The number of alkyl carbamates (subject to hydrolysis) is 1. The van der Waals surface area contributed by atoms with Crippen LogP contribution < -0.4 is 10.6 Å². The van der Waals surface area contributed by atoms with Crippen LogP contribution in [-0.4, -0.2) is 41.8 Å². The summed E-state index contributed by atoms with van der Waals surface area (Å²) in [5.74, 6) is -1.52. The van der Waals surface area contributed by atoms with Crippen molar-refractivity contribution >= 4 is 18.0 Å². The first kappa shape index (κ1) is 23.1. The van der Waals surface area contributed by atoms with Gasteiger partial charge in [-0.25, -0.2) is 4.79 Å². The topological polar surface area (TPSA) is 105 Å². The summed E-state index contributed by atoms with van der Waals surface area (Å²) in [4.78, 5) is 36.5. The molecule has 2 unspecified atom stereocenters. The fourth-order valence-electron chi connectivity index (χ4n) is 5.66. The SMILES string of the molecule is O=C(NC1C=CCC(C(=O)N[C@@H]2CC[C@H](C(=O)O)C2)C1)OCC1c2ccccc2-c2ccccc21. The van der Waals surface area contributed by atoms with Gasteiger partial charge in [0, 0.05) is 17.9 Å². The van der Waals surface area contributed by atoms with Crippen LogP contribution in [-0.2, 0) is 14.3 Å². The average Bonchev–Trinajstić information content (AvgIpc) is 3.46. The summed E-state index contributed by atoms with van der Waals surface area (Å²) in [6.45, 7) is 0.243. The second-order valence-corrected chi connectivity index (χ2v) is 9.73. The number of carbonyl (C=O) groups is 3. The van der Waals surface area contributed by atoms with Crippen molar-refractivity contribution in [1.29, 1.82) is 0 Å². The number of allylic oxidation sites excluding steroid dienone is 1. The third-order valence-electron chi connectivity index (χ3n) is 7.47. The molecule has 1 saturated carbocycles. The van der Waals surface area contributed by atoms with Gasteiger partial charge in [-0.3, -0.25) is 9.59 Å². The van der Waals surface area contributed by atoms with Crippen molar-refractivity contribution in [1.82, 2.24) is 10.6 Å². The predicted octanol–water partition coefficient (Wildman–Crippen LogP) is 4.23. The maximum absolute atomic E-state index is 12.8. The monoisotopic (exact) mass is 474 g/mol. The van der Waals surface area contributed by atoms with Gasteiger partial charge in [0.1, 0.15) is 6.61 Å². The van der Waals surface area contributed by atoms with Crippen molar-refractivity contribution in [3.05, 3.63) is 71.8 Å². The Morgan fingerprint density at radius 3 is 2.23 bits per heavy atom. The van der Waals surface area contributed by atoms with Crippen LogP contribution in [0, 0.1) is 11.8 Å². The van der Waals surface area contributed by atoms with Gasteiger partial charge >= 0.3 is 12.1 Å². The van der Waals surface area contributed by atoms with Gasteiger partial charge < -0.3 is 20.5 Å². The maximum Gasteiger partial charge on any atom is 0.407 e. The number of carboxylic acid groups (broad SMARTS) is 1. The molecule has 7 heteroatoms. The summed E-state index contributed by atoms with van der Waals surface area (Å²) in [5.41, 5.74) is 4.68. The zero-order valence-electron chi connectivity index (χ0n) is 19.5. The lowest BCUT2D eigenvalue weighted by Gasteiger charge is -2.26. The first-order valence-corrected chi connectivity index (χ1v) is 12.3. The highest BCUT2D eigenvalue weighted by molar-refractivity contribution is 5.80. The smallest absolute Gasteiger partial charge is 0.407 e. The van der Waals surface area contributed by atoms with Crippen LogP contribution in [0.3, 0.4) is 0 Å². The number of carboxylic acids is 1. The maximum atomic E-state index is 12.8. The number of ether oxygens (including phenoxy) is 1. The Morgan fingerprint density at radius 2 is 1.57 bits per heavy atom. The highest BCUT2D eigenvalue weighted by atomic mass is 16.5. The number of benzene rings is 2. The molecule has 0 aliphatic heterocycles. The molecule has 2 aromatic rings. The van der Waals surface area contributed by atoms with E-state index in [9.17, 15) is 14.4 Å². The van der Waals surface area contributed by atoms with E-state index in [0.29, 0.717) is 32.1 Å². The molecule has 2 amide bonds. The summed E-state index contributed by atoms with van der Waals surface area (Å²) in [6, 6.07) is 16.0. The number of aliphatic carboxylic acids is 1. The van der Waals surface area contributed by atoms with E-state index in [1.807, 2.05) is 36.4 Å². The van der Waals surface area contributed by atoms with E-state index in [0.717, 1.165) is 11.1 Å². The fraction of sp³-hybridized carbons (Fsp3) is 0.393. The first-order chi connectivity index (χ1) is 17.0. The van der Waals surface area contributed by atoms with Crippen molar-refractivity contribution in [2.45, 2.75) is 50.1 Å². The molecule has 182 valence electrons. The van der Waals surface area contributed by atoms with Crippen LogP contribution in [0.15, 0.2) is 60.7 Å². The molecule has 3 aliphatic rings. The lowest BCUT2D eigenvalue weighted by atomic mass is 9.90. The van der Waals surface area contributed by atoms with E-state index in [2.05, 4.69) is 34.9 Å². The normalized spacial score (nSPS) is 24.9. The molecule has 3 N–H and O–H groups in total. The molecular formula is C28H30N2O5. The molecule has 3 aliphatic carbocycles. The molecular weight excluding hydrogens is 444 g/mol. The van der Waals surface area contributed by atoms with E-state index < -0.39 is 12.1 Å². The molecule has 4 atom stereocenters. The van der Waals surface area contributed by atoms with Crippen molar-refractivity contribution < 1.29 is 24.2 Å². The van der Waals surface area contributed by atoms with Crippen LogP contribution in [0.1, 0.15) is 49.1 Å². The van der Waals surface area contributed by atoms with Crippen LogP contribution in [0.4, 0.5) is 4.79 Å². The quantitative estimate of drug-likeness (QED) is 0.544. The van der Waals surface area contributed by atoms with Crippen molar-refractivity contribution in [2.24, 2.45) is 11.8 Å². The highest BCUT2D eigenvalue weighted by Gasteiger charge is 2.33. The largest absolute Gasteiger partial charge is 0.481 e. The van der Waals surface area contributed by atoms with Crippen LogP contribution in [0.25, 0.3) is 11.1 Å². The van der Waals surface area contributed by atoms with Gasteiger partial charge in [-0.1, -0.05) is 60.7 Å². The molecule has 35 heavy (non-hydrogen) atoms. The summed E-state index contributed by atoms with van der Waals surface area (Å²) in [5, 5.41) is 15.1. The molecule has 0 aromatic heterocycles. The molecule has 2 aromatic carbocycles. The Bertz CT molecular complexity index is 1110. The van der Waals surface area contributed by atoms with Gasteiger partial charge in [-0.2, -0.15) is 0 Å². The minimum atomic E-state index is -0.797. The second kappa shape index (κ2) is 9.94. The van der Waals surface area contributed by atoms with Crippen molar-refractivity contribution in [2.75, 3.05) is 6.61 Å². The Kier molecular flexibility index (Phi) is 6.57.